The van der Waals surface area contributed by atoms with E-state index in [1.807, 2.05) is 0 Å². The van der Waals surface area contributed by atoms with Gasteiger partial charge in [0.15, 0.2) is 0 Å². The lowest BCUT2D eigenvalue weighted by Gasteiger charge is -2.29. The summed E-state index contributed by atoms with van der Waals surface area (Å²) in [5.41, 5.74) is 0.207. The van der Waals surface area contributed by atoms with E-state index < -0.39 is 0 Å². The predicted molar refractivity (Wildman–Crippen MR) is 76.0 cm³/mol. The van der Waals surface area contributed by atoms with E-state index in [9.17, 15) is 4.79 Å². The Labute approximate surface area is 116 Å². The lowest BCUT2D eigenvalue weighted by molar-refractivity contribution is -0.122. The maximum Gasteiger partial charge on any atom is 0.220 e. The zero-order valence-corrected chi connectivity index (χ0v) is 12.2. The first-order valence-electron chi connectivity index (χ1n) is 7.70. The van der Waals surface area contributed by atoms with Gasteiger partial charge in [-0.2, -0.15) is 0 Å². The minimum absolute atomic E-state index is 0.207. The molecule has 0 bridgehead atoms. The van der Waals surface area contributed by atoms with Gasteiger partial charge in [0, 0.05) is 25.5 Å². The van der Waals surface area contributed by atoms with Crippen LogP contribution in [0.25, 0.3) is 0 Å². The molecule has 4 heteroatoms. The average molecular weight is 268 g/mol. The molecule has 2 N–H and O–H groups in total. The summed E-state index contributed by atoms with van der Waals surface area (Å²) in [6.45, 7) is 3.70. The van der Waals surface area contributed by atoms with Crippen molar-refractivity contribution in [2.75, 3.05) is 33.4 Å². The molecule has 0 aromatic heterocycles. The van der Waals surface area contributed by atoms with Crippen LogP contribution in [0, 0.1) is 11.3 Å². The molecule has 2 rings (SSSR count). The highest BCUT2D eigenvalue weighted by Crippen LogP contribution is 2.37. The Kier molecular flexibility index (Phi) is 5.64. The van der Waals surface area contributed by atoms with Crippen molar-refractivity contribution >= 4 is 5.91 Å². The van der Waals surface area contributed by atoms with Gasteiger partial charge in [-0.1, -0.05) is 12.8 Å². The molecular formula is C15H28N2O2. The molecular weight excluding hydrogens is 240 g/mol. The largest absolute Gasteiger partial charge is 0.384 e. The number of hydrogen-bond acceptors (Lipinski definition) is 3. The van der Waals surface area contributed by atoms with E-state index in [1.165, 1.54) is 25.7 Å². The molecule has 0 radical (unpaired) electrons. The van der Waals surface area contributed by atoms with Crippen molar-refractivity contribution in [3.8, 4) is 0 Å². The third kappa shape index (κ3) is 4.46. The van der Waals surface area contributed by atoms with Crippen molar-refractivity contribution in [1.82, 2.24) is 10.6 Å². The molecule has 0 atom stereocenters. The van der Waals surface area contributed by atoms with Crippen LogP contribution in [-0.2, 0) is 9.53 Å². The van der Waals surface area contributed by atoms with Crippen LogP contribution in [0.3, 0.4) is 0 Å². The summed E-state index contributed by atoms with van der Waals surface area (Å²) in [5.74, 6) is 0.803. The van der Waals surface area contributed by atoms with E-state index in [1.54, 1.807) is 7.11 Å². The molecule has 1 amide bonds. The Balaban J connectivity index is 1.72. The van der Waals surface area contributed by atoms with Gasteiger partial charge in [0.2, 0.25) is 5.91 Å². The van der Waals surface area contributed by atoms with Gasteiger partial charge in [0.05, 0.1) is 6.61 Å². The van der Waals surface area contributed by atoms with Crippen molar-refractivity contribution in [3.05, 3.63) is 0 Å². The van der Waals surface area contributed by atoms with Crippen LogP contribution in [0.1, 0.15) is 44.9 Å². The number of hydrogen-bond donors (Lipinski definition) is 2. The molecule has 1 aliphatic carbocycles. The second-order valence-electron chi connectivity index (χ2n) is 6.31. The minimum atomic E-state index is 0.207. The lowest BCUT2D eigenvalue weighted by atomic mass is 9.87. The number of amides is 1. The number of ether oxygens (including phenoxy) is 1. The van der Waals surface area contributed by atoms with Gasteiger partial charge >= 0.3 is 0 Å². The summed E-state index contributed by atoms with van der Waals surface area (Å²) in [5, 5.41) is 6.50. The third-order valence-electron chi connectivity index (χ3n) is 4.71. The van der Waals surface area contributed by atoms with Gasteiger partial charge in [-0.15, -0.1) is 0 Å². The fourth-order valence-corrected chi connectivity index (χ4v) is 3.51. The highest BCUT2D eigenvalue weighted by molar-refractivity contribution is 5.76. The van der Waals surface area contributed by atoms with Crippen LogP contribution in [0.15, 0.2) is 0 Å². The molecule has 0 aromatic carbocycles. The average Bonchev–Trinajstić information content (AvgIpc) is 2.87. The molecule has 2 aliphatic rings. The number of carbonyl (C=O) groups excluding carboxylic acids is 1. The summed E-state index contributed by atoms with van der Waals surface area (Å²) >= 11 is 0. The van der Waals surface area contributed by atoms with Gasteiger partial charge < -0.3 is 15.4 Å². The molecule has 19 heavy (non-hydrogen) atoms. The van der Waals surface area contributed by atoms with E-state index >= 15 is 0 Å². The van der Waals surface area contributed by atoms with Crippen molar-refractivity contribution in [2.45, 2.75) is 44.9 Å². The molecule has 1 heterocycles. The van der Waals surface area contributed by atoms with Crippen LogP contribution < -0.4 is 10.6 Å². The van der Waals surface area contributed by atoms with E-state index in [4.69, 9.17) is 4.74 Å². The Hall–Kier alpha value is -0.610. The summed E-state index contributed by atoms with van der Waals surface area (Å²) in [6, 6.07) is 0. The number of carbonyl (C=O) groups is 1. The minimum Gasteiger partial charge on any atom is -0.384 e. The van der Waals surface area contributed by atoms with Crippen LogP contribution in [-0.4, -0.2) is 39.3 Å². The third-order valence-corrected chi connectivity index (χ3v) is 4.71. The van der Waals surface area contributed by atoms with Crippen LogP contribution >= 0.6 is 0 Å². The highest BCUT2D eigenvalue weighted by Gasteiger charge is 2.34. The second-order valence-corrected chi connectivity index (χ2v) is 6.31. The molecule has 1 saturated heterocycles. The molecule has 0 spiro atoms. The fraction of sp³-hybridized carbons (Fsp3) is 0.933. The SMILES string of the molecule is COCC1(CNC(=O)CC2CCNCC2)CCCC1. The number of rotatable bonds is 6. The van der Waals surface area contributed by atoms with E-state index in [2.05, 4.69) is 10.6 Å². The van der Waals surface area contributed by atoms with Gasteiger partial charge in [0.25, 0.3) is 0 Å². The molecule has 1 saturated carbocycles. The smallest absolute Gasteiger partial charge is 0.220 e. The first-order valence-corrected chi connectivity index (χ1v) is 7.70. The van der Waals surface area contributed by atoms with Crippen molar-refractivity contribution in [3.63, 3.8) is 0 Å². The quantitative estimate of drug-likeness (QED) is 0.771. The van der Waals surface area contributed by atoms with E-state index in [-0.39, 0.29) is 11.3 Å². The molecule has 4 nitrogen and oxygen atoms in total. The molecule has 1 aliphatic heterocycles. The summed E-state index contributed by atoms with van der Waals surface area (Å²) in [6.07, 6.45) is 7.89. The molecule has 2 fully saturated rings. The molecule has 0 unspecified atom stereocenters. The molecule has 0 aromatic rings. The second kappa shape index (κ2) is 7.25. The number of nitrogens with one attached hydrogen (secondary N) is 2. The first kappa shape index (κ1) is 14.8. The first-order chi connectivity index (χ1) is 9.24. The Bertz CT molecular complexity index is 282. The van der Waals surface area contributed by atoms with Gasteiger partial charge in [0.1, 0.15) is 0 Å². The van der Waals surface area contributed by atoms with Crippen molar-refractivity contribution < 1.29 is 9.53 Å². The zero-order chi connectivity index (χ0) is 13.6. The van der Waals surface area contributed by atoms with Crippen molar-refractivity contribution in [1.29, 1.82) is 0 Å². The summed E-state index contributed by atoms with van der Waals surface area (Å²) in [4.78, 5) is 12.0. The Morgan fingerprint density at radius 1 is 1.32 bits per heavy atom. The maximum absolute atomic E-state index is 12.0. The van der Waals surface area contributed by atoms with Crippen LogP contribution in [0.4, 0.5) is 0 Å². The van der Waals surface area contributed by atoms with E-state index in [0.29, 0.717) is 12.3 Å². The van der Waals surface area contributed by atoms with Crippen LogP contribution in [0.2, 0.25) is 0 Å². The van der Waals surface area contributed by atoms with Gasteiger partial charge in [-0.25, -0.2) is 0 Å². The zero-order valence-electron chi connectivity index (χ0n) is 12.2. The normalized spacial score (nSPS) is 23.4. The number of piperidine rings is 1. The summed E-state index contributed by atoms with van der Waals surface area (Å²) < 4.78 is 5.35. The Morgan fingerprint density at radius 3 is 2.63 bits per heavy atom. The Morgan fingerprint density at radius 2 is 2.00 bits per heavy atom. The summed E-state index contributed by atoms with van der Waals surface area (Å²) in [7, 11) is 1.76. The van der Waals surface area contributed by atoms with Gasteiger partial charge in [-0.3, -0.25) is 4.79 Å². The van der Waals surface area contributed by atoms with Crippen LogP contribution in [0.5, 0.6) is 0 Å². The monoisotopic (exact) mass is 268 g/mol. The maximum atomic E-state index is 12.0. The number of methoxy groups -OCH3 is 1. The van der Waals surface area contributed by atoms with Gasteiger partial charge in [-0.05, 0) is 44.7 Å². The standard InChI is InChI=1S/C15H28N2O2/c1-19-12-15(6-2-3-7-15)11-17-14(18)10-13-4-8-16-9-5-13/h13,16H,2-12H2,1H3,(H,17,18). The topological polar surface area (TPSA) is 50.4 Å². The highest BCUT2D eigenvalue weighted by atomic mass is 16.5. The van der Waals surface area contributed by atoms with Crippen molar-refractivity contribution in [2.24, 2.45) is 11.3 Å². The predicted octanol–water partition coefficient (Wildman–Crippen LogP) is 1.70. The van der Waals surface area contributed by atoms with E-state index in [0.717, 1.165) is 39.1 Å². The molecule has 110 valence electrons. The lowest BCUT2D eigenvalue weighted by Crippen LogP contribution is -2.40. The fourth-order valence-electron chi connectivity index (χ4n) is 3.51.